The molecule has 0 atom stereocenters. The van der Waals surface area contributed by atoms with Crippen LogP contribution in [0.4, 0.5) is 0 Å². The van der Waals surface area contributed by atoms with Crippen LogP contribution in [0, 0.1) is 0 Å². The van der Waals surface area contributed by atoms with Crippen LogP contribution in [0.1, 0.15) is 11.1 Å². The molecule has 3 aromatic rings. The molecule has 2 nitrogen and oxygen atoms in total. The molecule has 0 aliphatic heterocycles. The van der Waals surface area contributed by atoms with E-state index in [4.69, 9.17) is 9.47 Å². The molecule has 134 valence electrons. The first-order chi connectivity index (χ1) is 12.7. The molecule has 0 saturated heterocycles. The lowest BCUT2D eigenvalue weighted by atomic mass is 9.97. The van der Waals surface area contributed by atoms with Gasteiger partial charge in [0.25, 0.3) is 0 Å². The average molecular weight is 383 g/mol. The number of hydrogen-bond acceptors (Lipinski definition) is 4. The molecule has 26 heavy (non-hydrogen) atoms. The predicted molar refractivity (Wildman–Crippen MR) is 110 cm³/mol. The molecule has 0 saturated carbocycles. The average Bonchev–Trinajstić information content (AvgIpc) is 2.72. The summed E-state index contributed by atoms with van der Waals surface area (Å²) in [5.74, 6) is -0.910. The highest BCUT2D eigenvalue weighted by molar-refractivity contribution is 7.99. The summed E-state index contributed by atoms with van der Waals surface area (Å²) in [5.41, 5.74) is 1.94. The van der Waals surface area contributed by atoms with Gasteiger partial charge in [-0.3, -0.25) is 0 Å². The van der Waals surface area contributed by atoms with Crippen LogP contribution >= 0.6 is 23.5 Å². The summed E-state index contributed by atoms with van der Waals surface area (Å²) in [7, 11) is 3.36. The quantitative estimate of drug-likeness (QED) is 0.365. The minimum absolute atomic E-state index is 0.910. The Bertz CT molecular complexity index is 811. The van der Waals surface area contributed by atoms with Gasteiger partial charge in [-0.15, -0.1) is 11.8 Å². The summed E-state index contributed by atoms with van der Waals surface area (Å²) in [6.07, 6.45) is 2.07. The molecule has 0 aromatic heterocycles. The minimum Gasteiger partial charge on any atom is -0.346 e. The van der Waals surface area contributed by atoms with Crippen molar-refractivity contribution in [3.63, 3.8) is 0 Å². The topological polar surface area (TPSA) is 18.5 Å². The second-order valence-electron chi connectivity index (χ2n) is 5.69. The lowest BCUT2D eigenvalue weighted by Gasteiger charge is -2.32. The highest BCUT2D eigenvalue weighted by Gasteiger charge is 2.34. The van der Waals surface area contributed by atoms with E-state index in [-0.39, 0.29) is 0 Å². The zero-order valence-corrected chi connectivity index (χ0v) is 16.8. The summed E-state index contributed by atoms with van der Waals surface area (Å²) in [5, 5.41) is 0. The molecule has 0 unspecified atom stereocenters. The van der Waals surface area contributed by atoms with Crippen LogP contribution in [0.3, 0.4) is 0 Å². The van der Waals surface area contributed by atoms with Gasteiger partial charge < -0.3 is 9.47 Å². The van der Waals surface area contributed by atoms with Crippen LogP contribution < -0.4 is 0 Å². The monoisotopic (exact) mass is 382 g/mol. The number of hydrogen-bond donors (Lipinski definition) is 0. The third-order valence-electron chi connectivity index (χ3n) is 4.26. The molecular weight excluding hydrogens is 360 g/mol. The van der Waals surface area contributed by atoms with Gasteiger partial charge in [0, 0.05) is 40.0 Å². The lowest BCUT2D eigenvalue weighted by molar-refractivity contribution is -0.183. The van der Waals surface area contributed by atoms with Gasteiger partial charge in [-0.1, -0.05) is 54.2 Å². The van der Waals surface area contributed by atoms with Gasteiger partial charge in [0.05, 0.1) is 0 Å². The SMILES string of the molecule is COC(OC)(c1ccc(SC)cc1)c1ccc(Sc2ccccc2)cc1. The van der Waals surface area contributed by atoms with Crippen LogP contribution in [0.25, 0.3) is 0 Å². The summed E-state index contributed by atoms with van der Waals surface area (Å²) in [4.78, 5) is 3.61. The van der Waals surface area contributed by atoms with Gasteiger partial charge in [-0.25, -0.2) is 0 Å². The third kappa shape index (κ3) is 3.99. The van der Waals surface area contributed by atoms with Gasteiger partial charge in [-0.05, 0) is 42.7 Å². The fraction of sp³-hybridized carbons (Fsp3) is 0.182. The summed E-state index contributed by atoms with van der Waals surface area (Å²) >= 11 is 3.46. The van der Waals surface area contributed by atoms with Crippen molar-refractivity contribution in [2.45, 2.75) is 20.5 Å². The first kappa shape index (κ1) is 19.1. The van der Waals surface area contributed by atoms with Gasteiger partial charge in [-0.2, -0.15) is 0 Å². The number of benzene rings is 3. The molecule has 0 aliphatic rings. The molecule has 0 bridgehead atoms. The van der Waals surface area contributed by atoms with Crippen molar-refractivity contribution in [2.24, 2.45) is 0 Å². The van der Waals surface area contributed by atoms with Crippen molar-refractivity contribution in [3.05, 3.63) is 90.0 Å². The smallest absolute Gasteiger partial charge is 0.221 e. The molecule has 0 radical (unpaired) electrons. The highest BCUT2D eigenvalue weighted by atomic mass is 32.2. The maximum atomic E-state index is 5.86. The predicted octanol–water partition coefficient (Wildman–Crippen LogP) is 6.05. The molecule has 4 heteroatoms. The van der Waals surface area contributed by atoms with Crippen molar-refractivity contribution < 1.29 is 9.47 Å². The van der Waals surface area contributed by atoms with E-state index < -0.39 is 5.79 Å². The van der Waals surface area contributed by atoms with E-state index in [0.717, 1.165) is 11.1 Å². The Morgan fingerprint density at radius 1 is 0.615 bits per heavy atom. The highest BCUT2D eigenvalue weighted by Crippen LogP contribution is 2.36. The Morgan fingerprint density at radius 2 is 1.08 bits per heavy atom. The molecular formula is C22H22O2S2. The van der Waals surface area contributed by atoms with Crippen LogP contribution in [0.15, 0.2) is 93.5 Å². The molecule has 0 amide bonds. The van der Waals surface area contributed by atoms with E-state index in [2.05, 4.69) is 79.1 Å². The zero-order valence-electron chi connectivity index (χ0n) is 15.1. The maximum Gasteiger partial charge on any atom is 0.221 e. The van der Waals surface area contributed by atoms with Crippen LogP contribution in [0.5, 0.6) is 0 Å². The Hall–Kier alpha value is -1.72. The van der Waals surface area contributed by atoms with Gasteiger partial charge in [0.2, 0.25) is 5.79 Å². The van der Waals surface area contributed by atoms with Gasteiger partial charge >= 0.3 is 0 Å². The standard InChI is InChI=1S/C22H22O2S2/c1-23-22(24-2,17-9-13-19(25-3)14-10-17)18-11-15-21(16-12-18)26-20-7-5-4-6-8-20/h4-16H,1-3H3. The first-order valence-corrected chi connectivity index (χ1v) is 10.3. The lowest BCUT2D eigenvalue weighted by Crippen LogP contribution is -2.32. The molecule has 3 aromatic carbocycles. The Morgan fingerprint density at radius 3 is 1.54 bits per heavy atom. The Kier molecular flexibility index (Phi) is 6.43. The van der Waals surface area contributed by atoms with Crippen LogP contribution in [0.2, 0.25) is 0 Å². The van der Waals surface area contributed by atoms with Crippen molar-refractivity contribution in [1.29, 1.82) is 0 Å². The van der Waals surface area contributed by atoms with Crippen molar-refractivity contribution >= 4 is 23.5 Å². The normalized spacial score (nSPS) is 11.5. The van der Waals surface area contributed by atoms with Crippen molar-refractivity contribution in [1.82, 2.24) is 0 Å². The van der Waals surface area contributed by atoms with Crippen LogP contribution in [-0.2, 0) is 15.3 Å². The van der Waals surface area contributed by atoms with Gasteiger partial charge in [0.15, 0.2) is 0 Å². The van der Waals surface area contributed by atoms with Crippen molar-refractivity contribution in [3.8, 4) is 0 Å². The number of ether oxygens (including phenoxy) is 2. The zero-order chi connectivity index (χ0) is 18.4. The van der Waals surface area contributed by atoms with E-state index in [9.17, 15) is 0 Å². The van der Waals surface area contributed by atoms with E-state index in [1.807, 2.05) is 6.07 Å². The summed E-state index contributed by atoms with van der Waals surface area (Å²) in [6, 6.07) is 27.0. The first-order valence-electron chi connectivity index (χ1n) is 8.30. The number of rotatable bonds is 7. The van der Waals surface area contributed by atoms with Crippen molar-refractivity contribution in [2.75, 3.05) is 20.5 Å². The van der Waals surface area contributed by atoms with E-state index in [1.54, 1.807) is 37.7 Å². The Labute approximate surface area is 163 Å². The maximum absolute atomic E-state index is 5.86. The minimum atomic E-state index is -0.910. The molecule has 0 fully saturated rings. The summed E-state index contributed by atoms with van der Waals surface area (Å²) < 4.78 is 11.7. The van der Waals surface area contributed by atoms with E-state index in [0.29, 0.717) is 0 Å². The molecule has 0 aliphatic carbocycles. The largest absolute Gasteiger partial charge is 0.346 e. The fourth-order valence-electron chi connectivity index (χ4n) is 2.90. The van der Waals surface area contributed by atoms with Crippen LogP contribution in [-0.4, -0.2) is 20.5 Å². The third-order valence-corrected chi connectivity index (χ3v) is 6.02. The second-order valence-corrected chi connectivity index (χ2v) is 7.72. The van der Waals surface area contributed by atoms with E-state index >= 15 is 0 Å². The molecule has 0 N–H and O–H groups in total. The Balaban J connectivity index is 1.90. The fourth-order valence-corrected chi connectivity index (χ4v) is 4.14. The number of methoxy groups -OCH3 is 2. The molecule has 3 rings (SSSR count). The number of thioether (sulfide) groups is 1. The second kappa shape index (κ2) is 8.78. The van der Waals surface area contributed by atoms with E-state index in [1.165, 1.54) is 14.7 Å². The molecule has 0 spiro atoms. The van der Waals surface area contributed by atoms with Gasteiger partial charge in [0.1, 0.15) is 0 Å². The summed E-state index contributed by atoms with van der Waals surface area (Å²) in [6.45, 7) is 0. The molecule has 0 heterocycles.